The monoisotopic (exact) mass is 303 g/mol. The topological polar surface area (TPSA) is 49.3 Å². The van der Waals surface area contributed by atoms with Gasteiger partial charge >= 0.3 is 5.97 Å². The summed E-state index contributed by atoms with van der Waals surface area (Å²) in [4.78, 5) is 12.4. The van der Waals surface area contributed by atoms with Gasteiger partial charge in [0.05, 0.1) is 0 Å². The van der Waals surface area contributed by atoms with Crippen LogP contribution in [-0.2, 0) is 6.54 Å². The Bertz CT molecular complexity index is 592. The fourth-order valence-corrected chi connectivity index (χ4v) is 3.17. The third-order valence-electron chi connectivity index (χ3n) is 3.67. The molecule has 0 bridgehead atoms. The van der Waals surface area contributed by atoms with E-state index in [4.69, 9.17) is 5.11 Å². The zero-order valence-electron chi connectivity index (χ0n) is 12.4. The Labute approximate surface area is 129 Å². The zero-order chi connectivity index (χ0) is 15.2. The molecule has 0 aliphatic rings. The predicted molar refractivity (Wildman–Crippen MR) is 87.2 cm³/mol. The van der Waals surface area contributed by atoms with Crippen molar-refractivity contribution in [3.63, 3.8) is 0 Å². The third kappa shape index (κ3) is 4.41. The van der Waals surface area contributed by atoms with Crippen molar-refractivity contribution in [2.45, 2.75) is 32.7 Å². The number of hydrogen-bond donors (Lipinski definition) is 2. The average molecular weight is 303 g/mol. The Morgan fingerprint density at radius 3 is 2.67 bits per heavy atom. The van der Waals surface area contributed by atoms with Gasteiger partial charge in [-0.3, -0.25) is 0 Å². The lowest BCUT2D eigenvalue weighted by molar-refractivity contribution is 0.0702. The fourth-order valence-electron chi connectivity index (χ4n) is 2.29. The van der Waals surface area contributed by atoms with Gasteiger partial charge in [-0.25, -0.2) is 4.79 Å². The van der Waals surface area contributed by atoms with Crippen LogP contribution in [0.5, 0.6) is 0 Å². The molecule has 1 atom stereocenters. The quantitative estimate of drug-likeness (QED) is 0.759. The minimum Gasteiger partial charge on any atom is -0.477 e. The van der Waals surface area contributed by atoms with E-state index in [-0.39, 0.29) is 0 Å². The standard InChI is InChI=1S/C17H21NO2S/c1-12(14-6-4-3-5-7-14)8-9-18-11-15-10-16(17(19)20)21-13(15)2/h3-7,10,12,18H,8-9,11H2,1-2H3,(H,19,20). The summed E-state index contributed by atoms with van der Waals surface area (Å²) >= 11 is 1.34. The van der Waals surface area contributed by atoms with E-state index in [9.17, 15) is 4.79 Å². The smallest absolute Gasteiger partial charge is 0.345 e. The maximum atomic E-state index is 10.9. The lowest BCUT2D eigenvalue weighted by atomic mass is 9.98. The molecular formula is C17H21NO2S. The number of nitrogens with one attached hydrogen (secondary N) is 1. The van der Waals surface area contributed by atoms with E-state index < -0.39 is 5.97 Å². The van der Waals surface area contributed by atoms with Gasteiger partial charge < -0.3 is 10.4 Å². The van der Waals surface area contributed by atoms with Crippen molar-refractivity contribution in [3.05, 3.63) is 57.3 Å². The molecule has 1 unspecified atom stereocenters. The molecule has 0 fully saturated rings. The highest BCUT2D eigenvalue weighted by Crippen LogP contribution is 2.22. The molecule has 2 aromatic rings. The van der Waals surface area contributed by atoms with Crippen LogP contribution >= 0.6 is 11.3 Å². The molecule has 1 heterocycles. The molecule has 21 heavy (non-hydrogen) atoms. The van der Waals surface area contributed by atoms with Crippen molar-refractivity contribution in [3.8, 4) is 0 Å². The Hall–Kier alpha value is -1.65. The van der Waals surface area contributed by atoms with Crippen molar-refractivity contribution in [2.24, 2.45) is 0 Å². The van der Waals surface area contributed by atoms with Gasteiger partial charge in [0.15, 0.2) is 0 Å². The maximum absolute atomic E-state index is 10.9. The van der Waals surface area contributed by atoms with Gasteiger partial charge in [0.2, 0.25) is 0 Å². The number of carboxylic acids is 1. The number of aromatic carboxylic acids is 1. The number of carbonyl (C=O) groups is 1. The summed E-state index contributed by atoms with van der Waals surface area (Å²) < 4.78 is 0. The summed E-state index contributed by atoms with van der Waals surface area (Å²) in [5.74, 6) is -0.316. The molecule has 0 aliphatic heterocycles. The second kappa shape index (κ2) is 7.38. The van der Waals surface area contributed by atoms with E-state index >= 15 is 0 Å². The van der Waals surface area contributed by atoms with Crippen LogP contribution in [0, 0.1) is 6.92 Å². The minimum atomic E-state index is -0.841. The van der Waals surface area contributed by atoms with Crippen LogP contribution in [0.4, 0.5) is 0 Å². The van der Waals surface area contributed by atoms with Gasteiger partial charge in [0.1, 0.15) is 4.88 Å². The first-order chi connectivity index (χ1) is 10.1. The SMILES string of the molecule is Cc1sc(C(=O)O)cc1CNCCC(C)c1ccccc1. The van der Waals surface area contributed by atoms with Gasteiger partial charge in [0.25, 0.3) is 0 Å². The molecule has 3 nitrogen and oxygen atoms in total. The van der Waals surface area contributed by atoms with Crippen LogP contribution in [-0.4, -0.2) is 17.6 Å². The van der Waals surface area contributed by atoms with Crippen molar-refractivity contribution in [2.75, 3.05) is 6.54 Å². The second-order valence-corrected chi connectivity index (χ2v) is 6.53. The number of benzene rings is 1. The van der Waals surface area contributed by atoms with E-state index in [1.165, 1.54) is 16.9 Å². The number of aryl methyl sites for hydroxylation is 1. The van der Waals surface area contributed by atoms with Crippen molar-refractivity contribution < 1.29 is 9.90 Å². The Balaban J connectivity index is 1.78. The van der Waals surface area contributed by atoms with Crippen LogP contribution in [0.25, 0.3) is 0 Å². The molecule has 2 rings (SSSR count). The first-order valence-corrected chi connectivity index (χ1v) is 7.98. The first-order valence-electron chi connectivity index (χ1n) is 7.16. The second-order valence-electron chi connectivity index (χ2n) is 5.27. The van der Waals surface area contributed by atoms with E-state index in [0.29, 0.717) is 10.8 Å². The van der Waals surface area contributed by atoms with Gasteiger partial charge in [-0.15, -0.1) is 11.3 Å². The molecule has 0 saturated heterocycles. The highest BCUT2D eigenvalue weighted by molar-refractivity contribution is 7.14. The van der Waals surface area contributed by atoms with E-state index in [0.717, 1.165) is 30.0 Å². The van der Waals surface area contributed by atoms with Crippen molar-refractivity contribution >= 4 is 17.3 Å². The summed E-state index contributed by atoms with van der Waals surface area (Å²) in [5, 5.41) is 12.4. The van der Waals surface area contributed by atoms with Crippen molar-refractivity contribution in [1.82, 2.24) is 5.32 Å². The Morgan fingerprint density at radius 1 is 1.33 bits per heavy atom. The van der Waals surface area contributed by atoms with Gasteiger partial charge in [-0.2, -0.15) is 0 Å². The average Bonchev–Trinajstić information content (AvgIpc) is 2.86. The largest absolute Gasteiger partial charge is 0.477 e. The molecule has 0 saturated carbocycles. The molecule has 0 radical (unpaired) electrons. The van der Waals surface area contributed by atoms with E-state index in [2.05, 4.69) is 36.5 Å². The summed E-state index contributed by atoms with van der Waals surface area (Å²) in [7, 11) is 0. The minimum absolute atomic E-state index is 0.418. The number of carboxylic acid groups (broad SMARTS) is 1. The molecule has 0 spiro atoms. The maximum Gasteiger partial charge on any atom is 0.345 e. The van der Waals surface area contributed by atoms with Gasteiger partial charge in [-0.05, 0) is 43.0 Å². The van der Waals surface area contributed by atoms with Gasteiger partial charge in [0, 0.05) is 11.4 Å². The molecule has 4 heteroatoms. The fraction of sp³-hybridized carbons (Fsp3) is 0.353. The third-order valence-corrected chi connectivity index (χ3v) is 4.75. The number of thiophene rings is 1. The van der Waals surface area contributed by atoms with E-state index in [1.807, 2.05) is 13.0 Å². The lowest BCUT2D eigenvalue weighted by Crippen LogP contribution is -2.16. The number of rotatable bonds is 7. The highest BCUT2D eigenvalue weighted by Gasteiger charge is 2.10. The molecule has 0 amide bonds. The van der Waals surface area contributed by atoms with Crippen LogP contribution in [0.15, 0.2) is 36.4 Å². The first kappa shape index (κ1) is 15.7. The summed E-state index contributed by atoms with van der Waals surface area (Å²) in [5.41, 5.74) is 2.45. The molecule has 2 N–H and O–H groups in total. The van der Waals surface area contributed by atoms with Crippen LogP contribution in [0.3, 0.4) is 0 Å². The zero-order valence-corrected chi connectivity index (χ0v) is 13.2. The Kier molecular flexibility index (Phi) is 5.53. The molecule has 1 aromatic heterocycles. The molecule has 0 aliphatic carbocycles. The number of hydrogen-bond acceptors (Lipinski definition) is 3. The summed E-state index contributed by atoms with van der Waals surface area (Å²) in [6, 6.07) is 12.3. The molecule has 112 valence electrons. The predicted octanol–water partition coefficient (Wildman–Crippen LogP) is 4.04. The van der Waals surface area contributed by atoms with Crippen LogP contribution in [0.1, 0.15) is 44.9 Å². The van der Waals surface area contributed by atoms with E-state index in [1.54, 1.807) is 6.07 Å². The van der Waals surface area contributed by atoms with Crippen molar-refractivity contribution in [1.29, 1.82) is 0 Å². The normalized spacial score (nSPS) is 12.3. The lowest BCUT2D eigenvalue weighted by Gasteiger charge is -2.12. The highest BCUT2D eigenvalue weighted by atomic mass is 32.1. The summed E-state index contributed by atoms with van der Waals surface area (Å²) in [6.07, 6.45) is 1.07. The summed E-state index contributed by atoms with van der Waals surface area (Å²) in [6.45, 7) is 5.86. The molecular weight excluding hydrogens is 282 g/mol. The Morgan fingerprint density at radius 2 is 2.05 bits per heavy atom. The molecule has 1 aromatic carbocycles. The van der Waals surface area contributed by atoms with Gasteiger partial charge in [-0.1, -0.05) is 37.3 Å². The van der Waals surface area contributed by atoms with Crippen LogP contribution in [0.2, 0.25) is 0 Å². The van der Waals surface area contributed by atoms with Crippen LogP contribution < -0.4 is 5.32 Å².